The second-order valence-electron chi connectivity index (χ2n) is 13.8. The molecule has 8 saturated carbocycles. The molecule has 10 rings (SSSR count). The van der Waals surface area contributed by atoms with Gasteiger partial charge in [0.25, 0.3) is 0 Å². The molecule has 0 aromatic heterocycles. The van der Waals surface area contributed by atoms with E-state index in [9.17, 15) is 0 Å². The third-order valence-electron chi connectivity index (χ3n) is 11.4. The lowest BCUT2D eigenvalue weighted by Crippen LogP contribution is -2.42. The number of halogens is 8. The van der Waals surface area contributed by atoms with Gasteiger partial charge in [-0.25, -0.2) is 35.1 Å². The average Bonchev–Trinajstić information content (AvgIpc) is 3.53. The van der Waals surface area contributed by atoms with Crippen LogP contribution in [0.5, 0.6) is 0 Å². The number of benzene rings is 2. The van der Waals surface area contributed by atoms with E-state index in [2.05, 4.69) is 10.6 Å². The molecule has 0 heterocycles. The molecule has 2 N–H and O–H groups in total. The van der Waals surface area contributed by atoms with E-state index in [4.69, 9.17) is 0 Å². The SMILES string of the molecule is Fc1c(F)c(-c2c(F)c(F)c(NC34CC5CC(C3)C(C5)C4)c(F)c2F)c(F)c(F)c1NC12CC3CC(C1)C(C3)C2. The molecule has 0 aliphatic heterocycles. The molecule has 0 amide bonds. The topological polar surface area (TPSA) is 24.1 Å². The molecule has 2 aromatic rings. The fourth-order valence-electron chi connectivity index (χ4n) is 10.4. The summed E-state index contributed by atoms with van der Waals surface area (Å²) in [5.74, 6) is -13.8. The maximum absolute atomic E-state index is 15.3. The van der Waals surface area contributed by atoms with Crippen molar-refractivity contribution < 1.29 is 35.1 Å². The average molecular weight is 569 g/mol. The Balaban J connectivity index is 1.18. The van der Waals surface area contributed by atoms with Gasteiger partial charge in [-0.3, -0.25) is 0 Å². The molecule has 8 fully saturated rings. The van der Waals surface area contributed by atoms with Crippen LogP contribution in [0.2, 0.25) is 0 Å². The second kappa shape index (κ2) is 8.06. The lowest BCUT2D eigenvalue weighted by Gasteiger charge is -2.40. The number of hydrogen-bond acceptors (Lipinski definition) is 2. The van der Waals surface area contributed by atoms with Gasteiger partial charge in [-0.2, -0.15) is 0 Å². The van der Waals surface area contributed by atoms with Crippen molar-refractivity contribution in [2.75, 3.05) is 10.6 Å². The summed E-state index contributed by atoms with van der Waals surface area (Å²) in [7, 11) is 0. The van der Waals surface area contributed by atoms with Gasteiger partial charge >= 0.3 is 0 Å². The Morgan fingerprint density at radius 2 is 0.675 bits per heavy atom. The largest absolute Gasteiger partial charge is 0.375 e. The van der Waals surface area contributed by atoms with Crippen molar-refractivity contribution in [3.63, 3.8) is 0 Å². The van der Waals surface area contributed by atoms with Crippen LogP contribution in [0.15, 0.2) is 0 Å². The van der Waals surface area contributed by atoms with Gasteiger partial charge in [0.15, 0.2) is 46.5 Å². The zero-order chi connectivity index (χ0) is 27.9. The monoisotopic (exact) mass is 568 g/mol. The van der Waals surface area contributed by atoms with Gasteiger partial charge in [0.2, 0.25) is 0 Å². The number of nitrogens with one attached hydrogen (secondary N) is 2. The third kappa shape index (κ3) is 3.28. The summed E-state index contributed by atoms with van der Waals surface area (Å²) >= 11 is 0. The van der Waals surface area contributed by atoms with Crippen molar-refractivity contribution >= 4 is 11.4 Å². The van der Waals surface area contributed by atoms with Gasteiger partial charge in [0, 0.05) is 11.1 Å². The molecule has 214 valence electrons. The minimum Gasteiger partial charge on any atom is -0.375 e. The first-order valence-electron chi connectivity index (χ1n) is 14.3. The molecule has 10 heteroatoms. The quantitative estimate of drug-likeness (QED) is 0.279. The van der Waals surface area contributed by atoms with Crippen molar-refractivity contribution in [1.82, 2.24) is 0 Å². The molecule has 4 unspecified atom stereocenters. The van der Waals surface area contributed by atoms with Crippen molar-refractivity contribution in [3.05, 3.63) is 46.5 Å². The second-order valence-corrected chi connectivity index (χ2v) is 13.8. The van der Waals surface area contributed by atoms with Crippen molar-refractivity contribution in [1.29, 1.82) is 0 Å². The lowest BCUT2D eigenvalue weighted by molar-refractivity contribution is 0.252. The molecule has 0 radical (unpaired) electrons. The fraction of sp³-hybridized carbons (Fsp3) is 0.600. The molecule has 4 atom stereocenters. The molecular formula is C30H28F8N2. The Hall–Kier alpha value is -2.52. The van der Waals surface area contributed by atoms with Crippen LogP contribution in [0.25, 0.3) is 11.1 Å². The Morgan fingerprint density at radius 1 is 0.400 bits per heavy atom. The van der Waals surface area contributed by atoms with E-state index in [0.717, 1.165) is 25.7 Å². The van der Waals surface area contributed by atoms with Gasteiger partial charge in [0.1, 0.15) is 11.4 Å². The van der Waals surface area contributed by atoms with E-state index in [1.807, 2.05) is 0 Å². The summed E-state index contributed by atoms with van der Waals surface area (Å²) < 4.78 is 122. The van der Waals surface area contributed by atoms with E-state index in [-0.39, 0.29) is 0 Å². The minimum atomic E-state index is -2.12. The normalized spacial score (nSPS) is 38.2. The summed E-state index contributed by atoms with van der Waals surface area (Å²) in [5.41, 5.74) is -7.20. The van der Waals surface area contributed by atoms with Crippen LogP contribution in [0.1, 0.15) is 64.2 Å². The lowest BCUT2D eigenvalue weighted by atomic mass is 9.75. The van der Waals surface area contributed by atoms with E-state index in [1.54, 1.807) is 0 Å². The zero-order valence-corrected chi connectivity index (χ0v) is 21.6. The summed E-state index contributed by atoms with van der Waals surface area (Å²) in [6.45, 7) is 0. The van der Waals surface area contributed by atoms with Crippen LogP contribution < -0.4 is 10.6 Å². The van der Waals surface area contributed by atoms with Crippen LogP contribution in [0.4, 0.5) is 46.5 Å². The van der Waals surface area contributed by atoms with Gasteiger partial charge in [0.05, 0.1) is 11.1 Å². The smallest absolute Gasteiger partial charge is 0.185 e. The maximum atomic E-state index is 15.3. The molecule has 8 aliphatic carbocycles. The highest BCUT2D eigenvalue weighted by Crippen LogP contribution is 2.62. The van der Waals surface area contributed by atoms with Crippen LogP contribution in [0, 0.1) is 82.0 Å². The van der Waals surface area contributed by atoms with E-state index in [1.165, 1.54) is 0 Å². The molecule has 2 nitrogen and oxygen atoms in total. The van der Waals surface area contributed by atoms with E-state index in [0.29, 0.717) is 74.0 Å². The van der Waals surface area contributed by atoms with Crippen molar-refractivity contribution in [3.8, 4) is 11.1 Å². The zero-order valence-electron chi connectivity index (χ0n) is 21.6. The Morgan fingerprint density at radius 3 is 0.925 bits per heavy atom. The number of hydrogen-bond donors (Lipinski definition) is 2. The maximum Gasteiger partial charge on any atom is 0.185 e. The van der Waals surface area contributed by atoms with Crippen molar-refractivity contribution in [2.45, 2.75) is 75.3 Å². The Kier molecular flexibility index (Phi) is 5.08. The Labute approximate surface area is 225 Å². The Bertz CT molecular complexity index is 1270. The van der Waals surface area contributed by atoms with Crippen LogP contribution >= 0.6 is 0 Å². The van der Waals surface area contributed by atoms with E-state index < -0.39 is 80.1 Å². The molecule has 2 aromatic carbocycles. The molecule has 0 saturated heterocycles. The predicted molar refractivity (Wildman–Crippen MR) is 131 cm³/mol. The highest BCUT2D eigenvalue weighted by molar-refractivity contribution is 5.73. The van der Waals surface area contributed by atoms with Crippen LogP contribution in [-0.4, -0.2) is 11.1 Å². The summed E-state index contributed by atoms with van der Waals surface area (Å²) in [4.78, 5) is 0. The summed E-state index contributed by atoms with van der Waals surface area (Å²) in [5, 5.41) is 5.39. The summed E-state index contributed by atoms with van der Waals surface area (Å²) in [6, 6.07) is 0. The first-order chi connectivity index (χ1) is 19.0. The highest BCUT2D eigenvalue weighted by atomic mass is 19.2. The predicted octanol–water partition coefficient (Wildman–Crippen LogP) is 8.45. The first-order valence-corrected chi connectivity index (χ1v) is 14.3. The molecule has 40 heavy (non-hydrogen) atoms. The fourth-order valence-corrected chi connectivity index (χ4v) is 10.4. The van der Waals surface area contributed by atoms with Gasteiger partial charge < -0.3 is 10.6 Å². The minimum absolute atomic E-state index is 0.361. The van der Waals surface area contributed by atoms with Crippen LogP contribution in [-0.2, 0) is 0 Å². The molecular weight excluding hydrogens is 540 g/mol. The summed E-state index contributed by atoms with van der Waals surface area (Å²) in [6.07, 6.45) is 7.70. The van der Waals surface area contributed by atoms with Crippen molar-refractivity contribution in [2.24, 2.45) is 35.5 Å². The third-order valence-corrected chi connectivity index (χ3v) is 11.4. The van der Waals surface area contributed by atoms with Crippen LogP contribution in [0.3, 0.4) is 0 Å². The number of anilines is 2. The molecule has 0 spiro atoms. The number of rotatable bonds is 5. The van der Waals surface area contributed by atoms with E-state index >= 15 is 35.1 Å². The standard InChI is InChI=1S/C30H28F8N2/c31-19-17(20(32)24(36)27(23(19)35)39-29-5-11-1-13(7-29)14(2-11)8-29)18-21(33)25(37)28(26(38)22(18)34)40-30-6-12-3-15(9-30)16(4-12)10-30/h11-16,39-40H,1-10H2. The highest BCUT2D eigenvalue weighted by Gasteiger charge is 2.57. The molecule has 8 bridgehead atoms. The van der Waals surface area contributed by atoms with Gasteiger partial charge in [-0.05, 0) is 99.7 Å². The first kappa shape index (κ1) is 25.2. The van der Waals surface area contributed by atoms with Gasteiger partial charge in [-0.1, -0.05) is 0 Å². The molecule has 8 aliphatic rings. The van der Waals surface area contributed by atoms with Gasteiger partial charge in [-0.15, -0.1) is 0 Å².